The summed E-state index contributed by atoms with van der Waals surface area (Å²) in [4.78, 5) is 7.79. The molecule has 0 bridgehead atoms. The predicted molar refractivity (Wildman–Crippen MR) is 93.4 cm³/mol. The minimum Gasteiger partial charge on any atom is -0.495 e. The maximum absolute atomic E-state index is 5.33. The van der Waals surface area contributed by atoms with E-state index in [0.717, 1.165) is 35.5 Å². The largest absolute Gasteiger partial charge is 0.495 e. The van der Waals surface area contributed by atoms with Gasteiger partial charge in [-0.15, -0.1) is 0 Å². The number of ether oxygens (including phenoxy) is 1. The molecule has 0 radical (unpaired) electrons. The van der Waals surface area contributed by atoms with E-state index in [2.05, 4.69) is 48.4 Å². The summed E-state index contributed by atoms with van der Waals surface area (Å²) in [6.07, 6.45) is 4.39. The lowest BCUT2D eigenvalue weighted by Crippen LogP contribution is -2.33. The van der Waals surface area contributed by atoms with Crippen LogP contribution in [0.2, 0.25) is 0 Å². The van der Waals surface area contributed by atoms with Crippen molar-refractivity contribution >= 4 is 38.3 Å². The first-order valence-electron chi connectivity index (χ1n) is 7.59. The zero-order chi connectivity index (χ0) is 15.1. The Morgan fingerprint density at radius 1 is 1.18 bits per heavy atom. The molecule has 1 fully saturated rings. The van der Waals surface area contributed by atoms with E-state index in [-0.39, 0.29) is 0 Å². The Morgan fingerprint density at radius 3 is 2.77 bits per heavy atom. The van der Waals surface area contributed by atoms with Gasteiger partial charge in [0.05, 0.1) is 24.3 Å². The number of imidazole rings is 1. The lowest BCUT2D eigenvalue weighted by molar-refractivity contribution is 0.412. The van der Waals surface area contributed by atoms with Crippen LogP contribution in [0.1, 0.15) is 12.8 Å². The fraction of sp³-hybridized carbons (Fsp3) is 0.353. The van der Waals surface area contributed by atoms with Crippen molar-refractivity contribution in [3.63, 3.8) is 0 Å². The third kappa shape index (κ3) is 2.33. The molecule has 0 aliphatic carbocycles. The number of piperidine rings is 1. The van der Waals surface area contributed by atoms with Crippen molar-refractivity contribution in [1.29, 1.82) is 0 Å². The Balaban J connectivity index is 1.80. The predicted octanol–water partition coefficient (Wildman–Crippen LogP) is 3.86. The number of aromatic nitrogens is 2. The molecule has 114 valence electrons. The zero-order valence-electron chi connectivity index (χ0n) is 12.5. The number of rotatable bonds is 2. The first-order valence-corrected chi connectivity index (χ1v) is 8.51. The summed E-state index contributed by atoms with van der Waals surface area (Å²) in [5.74, 6) is 0.845. The van der Waals surface area contributed by atoms with Crippen LogP contribution in [0.15, 0.2) is 36.5 Å². The van der Waals surface area contributed by atoms with Crippen molar-refractivity contribution in [2.24, 2.45) is 0 Å². The van der Waals surface area contributed by atoms with E-state index in [1.807, 2.05) is 18.3 Å². The van der Waals surface area contributed by atoms with Gasteiger partial charge in [-0.1, -0.05) is 15.9 Å². The van der Waals surface area contributed by atoms with E-state index in [9.17, 15) is 0 Å². The van der Waals surface area contributed by atoms with Crippen LogP contribution >= 0.6 is 15.9 Å². The second kappa shape index (κ2) is 5.47. The molecule has 0 atom stereocenters. The molecule has 4 rings (SSSR count). The molecule has 0 spiro atoms. The average Bonchev–Trinajstić information content (AvgIpc) is 2.92. The summed E-state index contributed by atoms with van der Waals surface area (Å²) in [6.45, 7) is 2.20. The number of hydrogen-bond acceptors (Lipinski definition) is 3. The van der Waals surface area contributed by atoms with Crippen LogP contribution < -0.4 is 9.64 Å². The monoisotopic (exact) mass is 359 g/mol. The van der Waals surface area contributed by atoms with E-state index < -0.39 is 0 Å². The molecule has 0 amide bonds. The number of anilines is 1. The van der Waals surface area contributed by atoms with Gasteiger partial charge in [0.15, 0.2) is 0 Å². The van der Waals surface area contributed by atoms with Crippen LogP contribution in [-0.4, -0.2) is 34.4 Å². The van der Waals surface area contributed by atoms with Crippen LogP contribution in [0, 0.1) is 0 Å². The normalized spacial score (nSPS) is 16.5. The summed E-state index contributed by atoms with van der Waals surface area (Å²) < 4.78 is 7.44. The number of halogens is 1. The minimum absolute atomic E-state index is 0.660. The summed E-state index contributed by atoms with van der Waals surface area (Å²) >= 11 is 3.72. The van der Waals surface area contributed by atoms with Gasteiger partial charge in [-0.3, -0.25) is 4.40 Å². The number of pyridine rings is 1. The lowest BCUT2D eigenvalue weighted by Gasteiger charge is -2.31. The molecule has 22 heavy (non-hydrogen) atoms. The number of hydrogen-bond donors (Lipinski definition) is 0. The fourth-order valence-corrected chi connectivity index (χ4v) is 3.51. The zero-order valence-corrected chi connectivity index (χ0v) is 14.1. The second-order valence-electron chi connectivity index (χ2n) is 5.74. The summed E-state index contributed by atoms with van der Waals surface area (Å²) in [6, 6.07) is 10.5. The van der Waals surface area contributed by atoms with Crippen LogP contribution in [0.4, 0.5) is 5.69 Å². The van der Waals surface area contributed by atoms with Crippen molar-refractivity contribution in [1.82, 2.24) is 9.38 Å². The van der Waals surface area contributed by atoms with Crippen LogP contribution in [0.25, 0.3) is 16.7 Å². The highest BCUT2D eigenvalue weighted by Crippen LogP contribution is 2.28. The molecule has 1 aliphatic rings. The molecule has 3 heterocycles. The van der Waals surface area contributed by atoms with Crippen molar-refractivity contribution in [2.75, 3.05) is 25.1 Å². The van der Waals surface area contributed by atoms with Crippen molar-refractivity contribution in [2.45, 2.75) is 17.7 Å². The van der Waals surface area contributed by atoms with Gasteiger partial charge in [0.2, 0.25) is 0 Å². The number of alkyl halides is 1. The van der Waals surface area contributed by atoms with Gasteiger partial charge < -0.3 is 9.64 Å². The van der Waals surface area contributed by atoms with Crippen molar-refractivity contribution in [3.8, 4) is 5.75 Å². The lowest BCUT2D eigenvalue weighted by atomic mass is 10.1. The minimum atomic E-state index is 0.660. The highest BCUT2D eigenvalue weighted by Gasteiger charge is 2.18. The molecular formula is C17H18BrN3O. The van der Waals surface area contributed by atoms with Crippen molar-refractivity contribution in [3.05, 3.63) is 36.5 Å². The van der Waals surface area contributed by atoms with Crippen LogP contribution in [0.3, 0.4) is 0 Å². The maximum Gasteiger partial charge on any atom is 0.138 e. The molecule has 4 nitrogen and oxygen atoms in total. The molecule has 0 saturated carbocycles. The Kier molecular flexibility index (Phi) is 3.45. The number of methoxy groups -OCH3 is 1. The van der Waals surface area contributed by atoms with E-state index in [1.54, 1.807) is 7.11 Å². The molecule has 0 unspecified atom stereocenters. The topological polar surface area (TPSA) is 29.8 Å². The van der Waals surface area contributed by atoms with Gasteiger partial charge in [0, 0.05) is 23.6 Å². The third-order valence-electron chi connectivity index (χ3n) is 4.38. The molecule has 1 aliphatic heterocycles. The summed E-state index contributed by atoms with van der Waals surface area (Å²) in [5.41, 5.74) is 4.38. The Bertz CT molecular complexity index is 821. The van der Waals surface area contributed by atoms with E-state index in [0.29, 0.717) is 4.83 Å². The molecule has 0 N–H and O–H groups in total. The van der Waals surface area contributed by atoms with Crippen LogP contribution in [0.5, 0.6) is 5.75 Å². The van der Waals surface area contributed by atoms with Gasteiger partial charge in [-0.05, 0) is 43.2 Å². The molecule has 2 aromatic heterocycles. The highest BCUT2D eigenvalue weighted by molar-refractivity contribution is 9.09. The SMILES string of the molecule is COc1ccc2nc3ccc(N4CCC(Br)CC4)cc3n2c1. The molecule has 1 aromatic carbocycles. The van der Waals surface area contributed by atoms with E-state index >= 15 is 0 Å². The summed E-state index contributed by atoms with van der Waals surface area (Å²) in [5, 5.41) is 0. The van der Waals surface area contributed by atoms with Crippen LogP contribution in [-0.2, 0) is 0 Å². The Morgan fingerprint density at radius 2 is 2.00 bits per heavy atom. The first kappa shape index (κ1) is 13.9. The highest BCUT2D eigenvalue weighted by atomic mass is 79.9. The quantitative estimate of drug-likeness (QED) is 0.650. The van der Waals surface area contributed by atoms with Gasteiger partial charge >= 0.3 is 0 Å². The van der Waals surface area contributed by atoms with E-state index in [1.165, 1.54) is 18.5 Å². The standard InChI is InChI=1S/C17H18BrN3O/c1-22-14-3-5-17-19-15-4-2-13(10-16(15)21(17)11-14)20-8-6-12(18)7-9-20/h2-5,10-12H,6-9H2,1H3. The van der Waals surface area contributed by atoms with Crippen molar-refractivity contribution < 1.29 is 4.74 Å². The third-order valence-corrected chi connectivity index (χ3v) is 5.29. The molecule has 5 heteroatoms. The van der Waals surface area contributed by atoms with E-state index in [4.69, 9.17) is 4.74 Å². The fourth-order valence-electron chi connectivity index (χ4n) is 3.10. The number of nitrogens with zero attached hydrogens (tertiary/aromatic N) is 3. The van der Waals surface area contributed by atoms with Gasteiger partial charge in [-0.2, -0.15) is 0 Å². The smallest absolute Gasteiger partial charge is 0.138 e. The Hall–Kier alpha value is -1.75. The summed E-state index contributed by atoms with van der Waals surface area (Å²) in [7, 11) is 1.69. The molecule has 1 saturated heterocycles. The molecule has 3 aromatic rings. The number of benzene rings is 1. The Labute approximate surface area is 137 Å². The first-order chi connectivity index (χ1) is 10.7. The van der Waals surface area contributed by atoms with Gasteiger partial charge in [-0.25, -0.2) is 4.98 Å². The number of fused-ring (bicyclic) bond motifs is 3. The van der Waals surface area contributed by atoms with Gasteiger partial charge in [0.25, 0.3) is 0 Å². The maximum atomic E-state index is 5.33. The second-order valence-corrected chi connectivity index (χ2v) is 7.04. The average molecular weight is 360 g/mol. The molecular weight excluding hydrogens is 342 g/mol. The van der Waals surface area contributed by atoms with Gasteiger partial charge in [0.1, 0.15) is 11.4 Å².